The van der Waals surface area contributed by atoms with Crippen molar-refractivity contribution in [2.45, 2.75) is 24.8 Å². The number of nitrogens with zero attached hydrogens (tertiary/aromatic N) is 1. The first-order chi connectivity index (χ1) is 9.44. The molecule has 0 atom stereocenters. The maximum Gasteiger partial charge on any atom is 0.574 e. The average molecular weight is 338 g/mol. The summed E-state index contributed by atoms with van der Waals surface area (Å²) in [5.74, 6) is -3.69. The summed E-state index contributed by atoms with van der Waals surface area (Å²) < 4.78 is 77.6. The van der Waals surface area contributed by atoms with E-state index < -0.39 is 53.5 Å². The van der Waals surface area contributed by atoms with Crippen LogP contribution in [-0.2, 0) is 23.3 Å². The lowest BCUT2D eigenvalue weighted by Gasteiger charge is -2.16. The number of alkyl halides is 7. The topological polar surface area (TPSA) is 59.4 Å². The molecule has 0 fully saturated rings. The standard InChI is InChI=1S/C10H6ClF6NO3/c11-3-4-1-6(9(12,13)14)18-8(21-10(15,16)17)5(4)2-7(19)20/h1H,2-3H2,(H,19,20). The van der Waals surface area contributed by atoms with Crippen LogP contribution >= 0.6 is 11.6 Å². The highest BCUT2D eigenvalue weighted by Gasteiger charge is 2.38. The van der Waals surface area contributed by atoms with E-state index >= 15 is 0 Å². The van der Waals surface area contributed by atoms with Crippen LogP contribution in [0.15, 0.2) is 6.07 Å². The second-order valence-corrected chi connectivity index (χ2v) is 3.97. The summed E-state index contributed by atoms with van der Waals surface area (Å²) in [4.78, 5) is 13.3. The molecule has 0 aromatic carbocycles. The van der Waals surface area contributed by atoms with E-state index in [0.29, 0.717) is 6.07 Å². The molecule has 1 aromatic rings. The number of pyridine rings is 1. The molecule has 1 heterocycles. The number of carboxylic acids is 1. The molecule has 1 rings (SSSR count). The van der Waals surface area contributed by atoms with Crippen molar-refractivity contribution < 1.29 is 41.0 Å². The molecule has 0 aliphatic carbocycles. The normalized spacial score (nSPS) is 12.3. The largest absolute Gasteiger partial charge is 0.574 e. The maximum atomic E-state index is 12.6. The van der Waals surface area contributed by atoms with Crippen LogP contribution in [0.5, 0.6) is 5.88 Å². The molecule has 0 aliphatic heterocycles. The number of aliphatic carboxylic acids is 1. The fourth-order valence-corrected chi connectivity index (χ4v) is 1.64. The van der Waals surface area contributed by atoms with Crippen molar-refractivity contribution in [3.63, 3.8) is 0 Å². The molecule has 0 unspecified atom stereocenters. The molecule has 11 heteroatoms. The molecule has 4 nitrogen and oxygen atoms in total. The predicted octanol–water partition coefficient (Wildman–Crippen LogP) is 3.36. The summed E-state index contributed by atoms with van der Waals surface area (Å²) in [6.45, 7) is 0. The van der Waals surface area contributed by atoms with E-state index in [0.717, 1.165) is 0 Å². The van der Waals surface area contributed by atoms with Crippen LogP contribution in [0, 0.1) is 0 Å². The SMILES string of the molecule is O=C(O)Cc1c(CCl)cc(C(F)(F)F)nc1OC(F)(F)F. The predicted molar refractivity (Wildman–Crippen MR) is 56.8 cm³/mol. The highest BCUT2D eigenvalue weighted by molar-refractivity contribution is 6.17. The molecule has 1 N–H and O–H groups in total. The highest BCUT2D eigenvalue weighted by atomic mass is 35.5. The Morgan fingerprint density at radius 2 is 1.86 bits per heavy atom. The van der Waals surface area contributed by atoms with Crippen LogP contribution in [-0.4, -0.2) is 22.4 Å². The van der Waals surface area contributed by atoms with Crippen LogP contribution in [0.2, 0.25) is 0 Å². The summed E-state index contributed by atoms with van der Waals surface area (Å²) in [7, 11) is 0. The van der Waals surface area contributed by atoms with Crippen LogP contribution < -0.4 is 4.74 Å². The zero-order valence-electron chi connectivity index (χ0n) is 9.85. The molecule has 0 saturated carbocycles. The van der Waals surface area contributed by atoms with Gasteiger partial charge in [-0.25, -0.2) is 4.98 Å². The van der Waals surface area contributed by atoms with Crippen molar-refractivity contribution >= 4 is 17.6 Å². The van der Waals surface area contributed by atoms with Gasteiger partial charge in [-0.2, -0.15) is 13.2 Å². The summed E-state index contributed by atoms with van der Waals surface area (Å²) in [6.07, 6.45) is -11.4. The molecular weight excluding hydrogens is 332 g/mol. The van der Waals surface area contributed by atoms with Crippen molar-refractivity contribution in [1.29, 1.82) is 0 Å². The van der Waals surface area contributed by atoms with Crippen LogP contribution in [0.3, 0.4) is 0 Å². The molecule has 118 valence electrons. The van der Waals surface area contributed by atoms with Crippen LogP contribution in [0.25, 0.3) is 0 Å². The van der Waals surface area contributed by atoms with E-state index in [1.807, 2.05) is 0 Å². The number of hydrogen-bond donors (Lipinski definition) is 1. The van der Waals surface area contributed by atoms with Gasteiger partial charge in [-0.05, 0) is 11.6 Å². The van der Waals surface area contributed by atoms with Gasteiger partial charge in [0.25, 0.3) is 0 Å². The van der Waals surface area contributed by atoms with Crippen molar-refractivity contribution in [2.24, 2.45) is 0 Å². The maximum absolute atomic E-state index is 12.6. The number of ether oxygens (including phenoxy) is 1. The highest BCUT2D eigenvalue weighted by Crippen LogP contribution is 2.35. The first-order valence-electron chi connectivity index (χ1n) is 5.07. The van der Waals surface area contributed by atoms with Gasteiger partial charge in [0, 0.05) is 11.4 Å². The Labute approximate surface area is 118 Å². The van der Waals surface area contributed by atoms with Crippen molar-refractivity contribution in [3.05, 3.63) is 22.9 Å². The Kier molecular flexibility index (Phi) is 4.92. The minimum absolute atomic E-state index is 0.383. The Morgan fingerprint density at radius 3 is 2.24 bits per heavy atom. The number of hydrogen-bond acceptors (Lipinski definition) is 3. The van der Waals surface area contributed by atoms with E-state index in [1.54, 1.807) is 0 Å². The number of carboxylic acid groups (broad SMARTS) is 1. The van der Waals surface area contributed by atoms with Gasteiger partial charge >= 0.3 is 18.5 Å². The number of aromatic nitrogens is 1. The van der Waals surface area contributed by atoms with Gasteiger partial charge in [-0.15, -0.1) is 24.8 Å². The lowest BCUT2D eigenvalue weighted by molar-refractivity contribution is -0.276. The fourth-order valence-electron chi connectivity index (χ4n) is 1.40. The van der Waals surface area contributed by atoms with Gasteiger partial charge < -0.3 is 9.84 Å². The molecule has 0 radical (unpaired) electrons. The molecule has 0 amide bonds. The third-order valence-corrected chi connectivity index (χ3v) is 2.44. The Morgan fingerprint density at radius 1 is 1.29 bits per heavy atom. The number of halogens is 7. The third-order valence-electron chi connectivity index (χ3n) is 2.15. The minimum Gasteiger partial charge on any atom is -0.481 e. The first-order valence-corrected chi connectivity index (χ1v) is 5.61. The minimum atomic E-state index is -5.33. The van der Waals surface area contributed by atoms with Gasteiger partial charge in [0.2, 0.25) is 5.88 Å². The van der Waals surface area contributed by atoms with Crippen molar-refractivity contribution in [3.8, 4) is 5.88 Å². The third kappa shape index (κ3) is 4.96. The number of rotatable bonds is 4. The first kappa shape index (κ1) is 17.3. The van der Waals surface area contributed by atoms with Gasteiger partial charge in [0.05, 0.1) is 6.42 Å². The van der Waals surface area contributed by atoms with Crippen LogP contribution in [0.1, 0.15) is 16.8 Å². The monoisotopic (exact) mass is 337 g/mol. The zero-order chi connectivity index (χ0) is 16.4. The fraction of sp³-hybridized carbons (Fsp3) is 0.400. The molecule has 0 spiro atoms. The molecule has 21 heavy (non-hydrogen) atoms. The molecule has 0 bridgehead atoms. The second kappa shape index (κ2) is 5.96. The van der Waals surface area contributed by atoms with Gasteiger partial charge in [0.1, 0.15) is 5.69 Å². The van der Waals surface area contributed by atoms with E-state index in [9.17, 15) is 31.1 Å². The Balaban J connectivity index is 3.48. The molecule has 0 saturated heterocycles. The average Bonchev–Trinajstić information content (AvgIpc) is 2.27. The summed E-state index contributed by atoms with van der Waals surface area (Å²) in [6, 6.07) is 0.383. The van der Waals surface area contributed by atoms with E-state index in [-0.39, 0.29) is 0 Å². The van der Waals surface area contributed by atoms with E-state index in [4.69, 9.17) is 16.7 Å². The lowest BCUT2D eigenvalue weighted by atomic mass is 10.1. The van der Waals surface area contributed by atoms with Gasteiger partial charge in [0.15, 0.2) is 0 Å². The summed E-state index contributed by atoms with van der Waals surface area (Å²) >= 11 is 5.36. The quantitative estimate of drug-likeness (QED) is 0.676. The van der Waals surface area contributed by atoms with Crippen molar-refractivity contribution in [1.82, 2.24) is 4.98 Å². The Hall–Kier alpha value is -1.71. The van der Waals surface area contributed by atoms with E-state index in [1.165, 1.54) is 0 Å². The summed E-state index contributed by atoms with van der Waals surface area (Å²) in [5.41, 5.74) is -2.78. The Bertz CT molecular complexity index is 543. The zero-order valence-corrected chi connectivity index (χ0v) is 10.6. The summed E-state index contributed by atoms with van der Waals surface area (Å²) in [5, 5.41) is 8.61. The molecular formula is C10H6ClF6NO3. The lowest BCUT2D eigenvalue weighted by Crippen LogP contribution is -2.22. The number of carbonyl (C=O) groups is 1. The smallest absolute Gasteiger partial charge is 0.481 e. The van der Waals surface area contributed by atoms with Gasteiger partial charge in [-0.3, -0.25) is 4.79 Å². The van der Waals surface area contributed by atoms with Crippen LogP contribution in [0.4, 0.5) is 26.3 Å². The molecule has 0 aliphatic rings. The molecule has 1 aromatic heterocycles. The van der Waals surface area contributed by atoms with Gasteiger partial charge in [-0.1, -0.05) is 0 Å². The van der Waals surface area contributed by atoms with Crippen molar-refractivity contribution in [2.75, 3.05) is 0 Å². The second-order valence-electron chi connectivity index (χ2n) is 3.70. The van der Waals surface area contributed by atoms with E-state index in [2.05, 4.69) is 9.72 Å².